The number of hydrogen-bond acceptors (Lipinski definition) is 4. The second kappa shape index (κ2) is 6.64. The van der Waals surface area contributed by atoms with Crippen molar-refractivity contribution in [2.45, 2.75) is 58.1 Å². The van der Waals surface area contributed by atoms with Crippen molar-refractivity contribution in [1.29, 1.82) is 0 Å². The van der Waals surface area contributed by atoms with Crippen LogP contribution in [0.3, 0.4) is 0 Å². The summed E-state index contributed by atoms with van der Waals surface area (Å²) in [5.41, 5.74) is 1.10. The maximum absolute atomic E-state index is 10.0. The van der Waals surface area contributed by atoms with Gasteiger partial charge in [0.1, 0.15) is 0 Å². The molecule has 3 nitrogen and oxygen atoms in total. The minimum Gasteiger partial charge on any atom is -0.392 e. The van der Waals surface area contributed by atoms with Gasteiger partial charge in [0.15, 0.2) is 0 Å². The molecule has 0 spiro atoms. The smallest absolute Gasteiger partial charge is 0.0954 e. The normalized spacial score (nSPS) is 18.7. The Morgan fingerprint density at radius 2 is 2.17 bits per heavy atom. The van der Waals surface area contributed by atoms with E-state index in [1.54, 1.807) is 11.3 Å². The van der Waals surface area contributed by atoms with Crippen molar-refractivity contribution in [3.8, 4) is 0 Å². The second-order valence-corrected chi connectivity index (χ2v) is 6.46. The number of nitrogens with zero attached hydrogens (tertiary/aromatic N) is 1. The highest BCUT2D eigenvalue weighted by atomic mass is 32.1. The Kier molecular flexibility index (Phi) is 5.15. The fraction of sp³-hybridized carbons (Fsp3) is 0.786. The second-order valence-electron chi connectivity index (χ2n) is 5.57. The van der Waals surface area contributed by atoms with Crippen LogP contribution < -0.4 is 5.32 Å². The van der Waals surface area contributed by atoms with Crippen molar-refractivity contribution in [2.75, 3.05) is 6.54 Å². The molecule has 1 aromatic rings. The lowest BCUT2D eigenvalue weighted by Crippen LogP contribution is -2.31. The van der Waals surface area contributed by atoms with Crippen LogP contribution in [0.25, 0.3) is 0 Å². The number of nitrogens with one attached hydrogen (secondary N) is 1. The average molecular weight is 268 g/mol. The molecule has 0 radical (unpaired) electrons. The minimum atomic E-state index is -0.185. The molecule has 0 aliphatic heterocycles. The van der Waals surface area contributed by atoms with Gasteiger partial charge in [-0.05, 0) is 18.8 Å². The van der Waals surface area contributed by atoms with Crippen molar-refractivity contribution < 1.29 is 5.11 Å². The summed E-state index contributed by atoms with van der Waals surface area (Å²) >= 11 is 1.73. The number of hydrogen-bond donors (Lipinski definition) is 2. The van der Waals surface area contributed by atoms with Gasteiger partial charge in [0, 0.05) is 24.4 Å². The van der Waals surface area contributed by atoms with Crippen LogP contribution >= 0.6 is 11.3 Å². The average Bonchev–Trinajstić information content (AvgIpc) is 3.00. The lowest BCUT2D eigenvalue weighted by atomic mass is 10.0. The Bertz CT molecular complexity index is 358. The van der Waals surface area contributed by atoms with Crippen LogP contribution in [0.4, 0.5) is 0 Å². The third kappa shape index (κ3) is 3.77. The van der Waals surface area contributed by atoms with Crippen LogP contribution in [0.5, 0.6) is 0 Å². The van der Waals surface area contributed by atoms with E-state index in [9.17, 15) is 5.11 Å². The monoisotopic (exact) mass is 268 g/mol. The first-order valence-corrected chi connectivity index (χ1v) is 7.88. The number of aliphatic hydroxyl groups is 1. The molecule has 1 aromatic heterocycles. The minimum absolute atomic E-state index is 0.185. The molecule has 2 rings (SSSR count). The van der Waals surface area contributed by atoms with Gasteiger partial charge in [-0.1, -0.05) is 26.7 Å². The zero-order valence-corrected chi connectivity index (χ0v) is 12.2. The Morgan fingerprint density at radius 1 is 1.44 bits per heavy atom. The van der Waals surface area contributed by atoms with Gasteiger partial charge in [0.2, 0.25) is 0 Å². The van der Waals surface area contributed by atoms with E-state index in [1.165, 1.54) is 30.7 Å². The third-order valence-corrected chi connectivity index (χ3v) is 4.86. The van der Waals surface area contributed by atoms with Crippen LogP contribution in [0.15, 0.2) is 5.38 Å². The quantitative estimate of drug-likeness (QED) is 0.834. The number of aliphatic hydroxyl groups excluding tert-OH is 1. The molecule has 0 bridgehead atoms. The van der Waals surface area contributed by atoms with Crippen molar-refractivity contribution in [3.63, 3.8) is 0 Å². The maximum atomic E-state index is 10.0. The van der Waals surface area contributed by atoms with E-state index < -0.39 is 0 Å². The van der Waals surface area contributed by atoms with Gasteiger partial charge >= 0.3 is 0 Å². The molecule has 2 N–H and O–H groups in total. The molecule has 1 unspecified atom stereocenters. The SMILES string of the molecule is CC(C)c1nc(CNCC(O)C2CCCC2)cs1. The van der Waals surface area contributed by atoms with Gasteiger partial charge in [-0.25, -0.2) is 4.98 Å². The van der Waals surface area contributed by atoms with Crippen molar-refractivity contribution in [3.05, 3.63) is 16.1 Å². The summed E-state index contributed by atoms with van der Waals surface area (Å²) in [7, 11) is 0. The lowest BCUT2D eigenvalue weighted by Gasteiger charge is -2.17. The third-order valence-electron chi connectivity index (χ3n) is 3.67. The first-order valence-electron chi connectivity index (χ1n) is 7.00. The van der Waals surface area contributed by atoms with Crippen LogP contribution in [0.1, 0.15) is 56.2 Å². The van der Waals surface area contributed by atoms with Gasteiger partial charge in [0.25, 0.3) is 0 Å². The van der Waals surface area contributed by atoms with E-state index in [0.29, 0.717) is 18.4 Å². The van der Waals surface area contributed by atoms with E-state index in [2.05, 4.69) is 29.5 Å². The molecule has 1 aliphatic rings. The standard InChI is InChI=1S/C14H24N2OS/c1-10(2)14-16-12(9-18-14)7-15-8-13(17)11-5-3-4-6-11/h9-11,13,15,17H,3-8H2,1-2H3. The van der Waals surface area contributed by atoms with Crippen molar-refractivity contribution in [1.82, 2.24) is 10.3 Å². The first-order chi connectivity index (χ1) is 8.66. The summed E-state index contributed by atoms with van der Waals surface area (Å²) in [5.74, 6) is 1.02. The van der Waals surface area contributed by atoms with E-state index in [1.807, 2.05) is 0 Å². The summed E-state index contributed by atoms with van der Waals surface area (Å²) in [6.07, 6.45) is 4.77. The van der Waals surface area contributed by atoms with Crippen LogP contribution in [0.2, 0.25) is 0 Å². The highest BCUT2D eigenvalue weighted by molar-refractivity contribution is 7.09. The molecular formula is C14H24N2OS. The molecule has 1 atom stereocenters. The van der Waals surface area contributed by atoms with Gasteiger partial charge in [-0.3, -0.25) is 0 Å². The van der Waals surface area contributed by atoms with Crippen molar-refractivity contribution >= 4 is 11.3 Å². The number of rotatable bonds is 6. The Labute approximate surface area is 114 Å². The topological polar surface area (TPSA) is 45.2 Å². The van der Waals surface area contributed by atoms with E-state index in [4.69, 9.17) is 0 Å². The molecule has 1 heterocycles. The van der Waals surface area contributed by atoms with E-state index in [0.717, 1.165) is 12.2 Å². The lowest BCUT2D eigenvalue weighted by molar-refractivity contribution is 0.109. The summed E-state index contributed by atoms with van der Waals surface area (Å²) in [6.45, 7) is 5.80. The Balaban J connectivity index is 1.70. The Morgan fingerprint density at radius 3 is 2.78 bits per heavy atom. The molecule has 0 aromatic carbocycles. The molecule has 102 valence electrons. The molecule has 1 fully saturated rings. The predicted molar refractivity (Wildman–Crippen MR) is 75.9 cm³/mol. The predicted octanol–water partition coefficient (Wildman–Crippen LogP) is 2.91. The summed E-state index contributed by atoms with van der Waals surface area (Å²) in [6, 6.07) is 0. The highest BCUT2D eigenvalue weighted by Crippen LogP contribution is 2.27. The fourth-order valence-electron chi connectivity index (χ4n) is 2.53. The summed E-state index contributed by atoms with van der Waals surface area (Å²) in [4.78, 5) is 4.58. The van der Waals surface area contributed by atoms with Gasteiger partial charge in [-0.2, -0.15) is 0 Å². The van der Waals surface area contributed by atoms with Crippen LogP contribution in [-0.4, -0.2) is 22.7 Å². The molecule has 0 amide bonds. The number of aromatic nitrogens is 1. The van der Waals surface area contributed by atoms with E-state index in [-0.39, 0.29) is 6.10 Å². The largest absolute Gasteiger partial charge is 0.392 e. The molecule has 1 aliphatic carbocycles. The zero-order valence-electron chi connectivity index (χ0n) is 11.4. The molecule has 0 saturated heterocycles. The van der Waals surface area contributed by atoms with Gasteiger partial charge in [0.05, 0.1) is 16.8 Å². The summed E-state index contributed by atoms with van der Waals surface area (Å²) in [5, 5.41) is 16.7. The van der Waals surface area contributed by atoms with Crippen molar-refractivity contribution in [2.24, 2.45) is 5.92 Å². The Hall–Kier alpha value is -0.450. The zero-order chi connectivity index (χ0) is 13.0. The molecule has 1 saturated carbocycles. The van der Waals surface area contributed by atoms with Gasteiger partial charge < -0.3 is 10.4 Å². The van der Waals surface area contributed by atoms with Gasteiger partial charge in [-0.15, -0.1) is 11.3 Å². The number of thiazole rings is 1. The van der Waals surface area contributed by atoms with Crippen LogP contribution in [-0.2, 0) is 6.54 Å². The first kappa shape index (κ1) is 14.0. The fourth-order valence-corrected chi connectivity index (χ4v) is 3.36. The maximum Gasteiger partial charge on any atom is 0.0954 e. The van der Waals surface area contributed by atoms with E-state index >= 15 is 0 Å². The molecule has 4 heteroatoms. The molecule has 18 heavy (non-hydrogen) atoms. The summed E-state index contributed by atoms with van der Waals surface area (Å²) < 4.78 is 0. The molecular weight excluding hydrogens is 244 g/mol. The highest BCUT2D eigenvalue weighted by Gasteiger charge is 2.22. The van der Waals surface area contributed by atoms with Crippen LogP contribution in [0, 0.1) is 5.92 Å².